The van der Waals surface area contributed by atoms with Crippen LogP contribution in [0.1, 0.15) is 68.7 Å². The van der Waals surface area contributed by atoms with E-state index in [1.165, 1.54) is 52.8 Å². The maximum atomic E-state index is 4.86. The third kappa shape index (κ3) is 4.32. The second-order valence-electron chi connectivity index (χ2n) is 9.80. The van der Waals surface area contributed by atoms with Crippen molar-refractivity contribution in [3.63, 3.8) is 0 Å². The molecule has 3 heteroatoms. The van der Waals surface area contributed by atoms with Crippen LogP contribution in [0.5, 0.6) is 0 Å². The van der Waals surface area contributed by atoms with Crippen LogP contribution in [0.4, 0.5) is 0 Å². The van der Waals surface area contributed by atoms with Crippen LogP contribution in [-0.4, -0.2) is 14.8 Å². The Balaban J connectivity index is 2.04. The van der Waals surface area contributed by atoms with Gasteiger partial charge in [-0.25, -0.2) is 0 Å². The second kappa shape index (κ2) is 9.97. The zero-order valence-electron chi connectivity index (χ0n) is 21.5. The van der Waals surface area contributed by atoms with E-state index in [2.05, 4.69) is 113 Å². The van der Waals surface area contributed by atoms with E-state index in [1.807, 2.05) is 0 Å². The van der Waals surface area contributed by atoms with E-state index in [0.29, 0.717) is 0 Å². The third-order valence-electron chi connectivity index (χ3n) is 7.39. The fraction of sp³-hybridized carbons (Fsp3) is 0.355. The summed E-state index contributed by atoms with van der Waals surface area (Å²) in [7, 11) is 0. The summed E-state index contributed by atoms with van der Waals surface area (Å²) in [4.78, 5) is 0. The maximum Gasteiger partial charge on any atom is 0.169 e. The summed E-state index contributed by atoms with van der Waals surface area (Å²) in [5.41, 5.74) is 8.55. The molecule has 0 saturated heterocycles. The number of hydrogen-bond donors (Lipinski definition) is 0. The first-order valence-corrected chi connectivity index (χ1v) is 12.6. The molecule has 0 aliphatic heterocycles. The van der Waals surface area contributed by atoms with E-state index in [4.69, 9.17) is 10.2 Å². The summed E-state index contributed by atoms with van der Waals surface area (Å²) in [6.45, 7) is 13.5. The highest BCUT2D eigenvalue weighted by Crippen LogP contribution is 2.41. The van der Waals surface area contributed by atoms with E-state index in [9.17, 15) is 0 Å². The van der Waals surface area contributed by atoms with Crippen LogP contribution in [0.2, 0.25) is 0 Å². The molecule has 3 aromatic carbocycles. The highest BCUT2D eigenvalue weighted by Gasteiger charge is 2.30. The van der Waals surface area contributed by atoms with Crippen molar-refractivity contribution in [3.8, 4) is 28.5 Å². The molecule has 4 aromatic rings. The summed E-state index contributed by atoms with van der Waals surface area (Å²) in [5.74, 6) is 1.81. The number of benzene rings is 3. The van der Waals surface area contributed by atoms with Crippen LogP contribution in [0.25, 0.3) is 28.5 Å². The molecular formula is C31H37N3. The Morgan fingerprint density at radius 2 is 1.26 bits per heavy atom. The van der Waals surface area contributed by atoms with E-state index in [1.54, 1.807) is 0 Å². The number of unbranched alkanes of at least 4 members (excludes halogenated alkanes) is 1. The van der Waals surface area contributed by atoms with Crippen molar-refractivity contribution in [2.24, 2.45) is 0 Å². The van der Waals surface area contributed by atoms with Crippen LogP contribution in [0.15, 0.2) is 66.7 Å². The maximum absolute atomic E-state index is 4.86. The number of para-hydroxylation sites is 1. The Morgan fingerprint density at radius 1 is 0.706 bits per heavy atom. The van der Waals surface area contributed by atoms with E-state index in [0.717, 1.165) is 23.6 Å². The lowest BCUT2D eigenvalue weighted by atomic mass is 9.74. The van der Waals surface area contributed by atoms with Gasteiger partial charge >= 0.3 is 0 Å². The molecule has 0 fully saturated rings. The number of aryl methyl sites for hydroxylation is 3. The van der Waals surface area contributed by atoms with Gasteiger partial charge in [-0.05, 0) is 61.3 Å². The first-order chi connectivity index (χ1) is 16.4. The van der Waals surface area contributed by atoms with Crippen molar-refractivity contribution in [1.82, 2.24) is 14.8 Å². The molecule has 1 heterocycles. The van der Waals surface area contributed by atoms with Gasteiger partial charge in [0.15, 0.2) is 11.6 Å². The van der Waals surface area contributed by atoms with E-state index < -0.39 is 0 Å². The predicted molar refractivity (Wildman–Crippen MR) is 144 cm³/mol. The van der Waals surface area contributed by atoms with Crippen molar-refractivity contribution < 1.29 is 0 Å². The van der Waals surface area contributed by atoms with E-state index >= 15 is 0 Å². The highest BCUT2D eigenvalue weighted by molar-refractivity contribution is 5.72. The number of rotatable bonds is 8. The largest absolute Gasteiger partial charge is 0.274 e. The van der Waals surface area contributed by atoms with Crippen molar-refractivity contribution in [2.45, 2.75) is 72.6 Å². The second-order valence-corrected chi connectivity index (χ2v) is 9.80. The van der Waals surface area contributed by atoms with Gasteiger partial charge in [0.1, 0.15) is 0 Å². The average Bonchev–Trinajstić information content (AvgIpc) is 3.27. The van der Waals surface area contributed by atoms with Gasteiger partial charge in [0, 0.05) is 11.1 Å². The van der Waals surface area contributed by atoms with Gasteiger partial charge in [0.2, 0.25) is 0 Å². The molecule has 0 aliphatic carbocycles. The molecule has 0 aliphatic rings. The fourth-order valence-electron chi connectivity index (χ4n) is 5.10. The van der Waals surface area contributed by atoms with Crippen LogP contribution >= 0.6 is 0 Å². The van der Waals surface area contributed by atoms with Gasteiger partial charge in [-0.15, -0.1) is 10.2 Å². The molecule has 1 unspecified atom stereocenters. The number of hydrogen-bond acceptors (Lipinski definition) is 2. The molecule has 1 aromatic heterocycles. The highest BCUT2D eigenvalue weighted by atomic mass is 15.3. The first-order valence-electron chi connectivity index (χ1n) is 12.6. The Labute approximate surface area is 204 Å². The normalized spacial score (nSPS) is 13.1. The van der Waals surface area contributed by atoms with Crippen molar-refractivity contribution >= 4 is 0 Å². The predicted octanol–water partition coefficient (Wildman–Crippen LogP) is 8.38. The van der Waals surface area contributed by atoms with Gasteiger partial charge < -0.3 is 0 Å². The monoisotopic (exact) mass is 451 g/mol. The zero-order valence-corrected chi connectivity index (χ0v) is 21.5. The first kappa shape index (κ1) is 23.9. The van der Waals surface area contributed by atoms with Gasteiger partial charge in [-0.1, -0.05) is 100 Å². The summed E-state index contributed by atoms with van der Waals surface area (Å²) >= 11 is 0. The van der Waals surface area contributed by atoms with E-state index in [-0.39, 0.29) is 5.41 Å². The molecule has 0 N–H and O–H groups in total. The minimum absolute atomic E-state index is 0.0903. The van der Waals surface area contributed by atoms with Crippen molar-refractivity contribution in [3.05, 3.63) is 89.0 Å². The smallest absolute Gasteiger partial charge is 0.169 e. The van der Waals surface area contributed by atoms with Crippen LogP contribution in [-0.2, 0) is 5.41 Å². The topological polar surface area (TPSA) is 30.7 Å². The Morgan fingerprint density at radius 3 is 1.88 bits per heavy atom. The van der Waals surface area contributed by atoms with Crippen LogP contribution < -0.4 is 0 Å². The lowest BCUT2D eigenvalue weighted by Crippen LogP contribution is -2.22. The Bertz CT molecular complexity index is 1260. The quantitative estimate of drug-likeness (QED) is 0.269. The fourth-order valence-corrected chi connectivity index (χ4v) is 5.10. The molecule has 0 saturated carbocycles. The lowest BCUT2D eigenvalue weighted by molar-refractivity contribution is 0.404. The summed E-state index contributed by atoms with van der Waals surface area (Å²) in [5, 5.41) is 9.67. The number of nitrogens with zero attached hydrogens (tertiary/aromatic N) is 3. The molecule has 0 spiro atoms. The van der Waals surface area contributed by atoms with Crippen molar-refractivity contribution in [1.29, 1.82) is 0 Å². The molecule has 0 bridgehead atoms. The molecule has 0 amide bonds. The molecular weight excluding hydrogens is 414 g/mol. The molecule has 4 rings (SSSR count). The summed E-state index contributed by atoms with van der Waals surface area (Å²) < 4.78 is 2.29. The third-order valence-corrected chi connectivity index (χ3v) is 7.39. The molecule has 34 heavy (non-hydrogen) atoms. The Hall–Kier alpha value is -3.20. The number of aromatic nitrogens is 3. The van der Waals surface area contributed by atoms with Gasteiger partial charge in [-0.3, -0.25) is 4.57 Å². The Kier molecular flexibility index (Phi) is 7.02. The van der Waals surface area contributed by atoms with Crippen molar-refractivity contribution in [2.75, 3.05) is 0 Å². The molecule has 176 valence electrons. The van der Waals surface area contributed by atoms with Crippen LogP contribution in [0, 0.1) is 20.8 Å². The minimum Gasteiger partial charge on any atom is -0.274 e. The van der Waals surface area contributed by atoms with Gasteiger partial charge in [0.05, 0.1) is 5.69 Å². The van der Waals surface area contributed by atoms with Gasteiger partial charge in [0.25, 0.3) is 0 Å². The average molecular weight is 452 g/mol. The molecule has 0 radical (unpaired) electrons. The molecule has 3 nitrogen and oxygen atoms in total. The summed E-state index contributed by atoms with van der Waals surface area (Å²) in [6, 6.07) is 23.8. The van der Waals surface area contributed by atoms with Gasteiger partial charge in [-0.2, -0.15) is 0 Å². The standard InChI is InChI=1S/C31H37N3/c1-7-9-21-31(6,8-2)27-20-13-12-19-26(27)30-33-32-29(25-18-11-10-15-22(25)3)34(30)28-23(4)16-14-17-24(28)5/h10-20H,7-9,21H2,1-6H3. The summed E-state index contributed by atoms with van der Waals surface area (Å²) in [6.07, 6.45) is 4.68. The SMILES string of the molecule is CCCCC(C)(CC)c1ccccc1-c1nnc(-c2ccccc2C)n1-c1c(C)cccc1C. The minimum atomic E-state index is 0.0903. The molecule has 1 atom stereocenters. The van der Waals surface area contributed by atoms with Crippen LogP contribution in [0.3, 0.4) is 0 Å². The zero-order chi connectivity index (χ0) is 24.3. The lowest BCUT2D eigenvalue weighted by Gasteiger charge is -2.31.